The maximum absolute atomic E-state index is 12.8. The standard InChI is InChI=1S/C16H18N2O3/c1-16(2,3)18(10-14(19)20)15(21)12-8-9-17-13-7-5-4-6-11(12)13/h4-9H,10H2,1-3H3,(H,19,20). The first-order chi connectivity index (χ1) is 9.80. The largest absolute Gasteiger partial charge is 0.480 e. The van der Waals surface area contributed by atoms with Crippen LogP contribution in [0.4, 0.5) is 0 Å². The maximum Gasteiger partial charge on any atom is 0.323 e. The Morgan fingerprint density at radius 2 is 1.86 bits per heavy atom. The molecule has 1 aromatic heterocycles. The van der Waals surface area contributed by atoms with E-state index < -0.39 is 11.5 Å². The Balaban J connectivity index is 2.51. The highest BCUT2D eigenvalue weighted by Gasteiger charge is 2.30. The molecule has 5 heteroatoms. The van der Waals surface area contributed by atoms with Gasteiger partial charge in [0.25, 0.3) is 5.91 Å². The predicted octanol–water partition coefficient (Wildman–Crippen LogP) is 2.56. The second-order valence-corrected chi connectivity index (χ2v) is 5.83. The summed E-state index contributed by atoms with van der Waals surface area (Å²) in [6, 6.07) is 8.95. The first-order valence-electron chi connectivity index (χ1n) is 6.68. The van der Waals surface area contributed by atoms with E-state index >= 15 is 0 Å². The number of rotatable bonds is 3. The quantitative estimate of drug-likeness (QED) is 0.941. The molecular weight excluding hydrogens is 268 g/mol. The molecule has 0 atom stereocenters. The van der Waals surface area contributed by atoms with Crippen LogP contribution in [0, 0.1) is 0 Å². The van der Waals surface area contributed by atoms with E-state index in [0.717, 1.165) is 5.39 Å². The van der Waals surface area contributed by atoms with E-state index in [1.54, 1.807) is 12.3 Å². The van der Waals surface area contributed by atoms with Crippen molar-refractivity contribution in [1.82, 2.24) is 9.88 Å². The minimum atomic E-state index is -1.03. The molecule has 0 saturated heterocycles. The van der Waals surface area contributed by atoms with Crippen molar-refractivity contribution in [3.8, 4) is 0 Å². The van der Waals surface area contributed by atoms with E-state index in [4.69, 9.17) is 5.11 Å². The van der Waals surface area contributed by atoms with Gasteiger partial charge in [-0.05, 0) is 32.9 Å². The number of amides is 1. The SMILES string of the molecule is CC(C)(C)N(CC(=O)O)C(=O)c1ccnc2ccccc12. The molecule has 21 heavy (non-hydrogen) atoms. The first kappa shape index (κ1) is 15.0. The molecule has 0 bridgehead atoms. The fourth-order valence-corrected chi connectivity index (χ4v) is 2.18. The topological polar surface area (TPSA) is 70.5 Å². The maximum atomic E-state index is 12.8. The molecule has 1 aromatic carbocycles. The number of hydrogen-bond donors (Lipinski definition) is 1. The number of carbonyl (C=O) groups excluding carboxylic acids is 1. The predicted molar refractivity (Wildman–Crippen MR) is 80.2 cm³/mol. The van der Waals surface area contributed by atoms with E-state index in [1.165, 1.54) is 4.90 Å². The minimum Gasteiger partial charge on any atom is -0.480 e. The van der Waals surface area contributed by atoms with E-state index in [2.05, 4.69) is 4.98 Å². The summed E-state index contributed by atoms with van der Waals surface area (Å²) in [5.41, 5.74) is 0.601. The second kappa shape index (κ2) is 5.52. The molecular formula is C16H18N2O3. The number of carboxylic acids is 1. The van der Waals surface area contributed by atoms with Crippen LogP contribution >= 0.6 is 0 Å². The van der Waals surface area contributed by atoms with Gasteiger partial charge in [-0.3, -0.25) is 14.6 Å². The van der Waals surface area contributed by atoms with Crippen LogP contribution in [0.3, 0.4) is 0 Å². The summed E-state index contributed by atoms with van der Waals surface area (Å²) in [6.45, 7) is 5.12. The number of carboxylic acid groups (broad SMARTS) is 1. The summed E-state index contributed by atoms with van der Waals surface area (Å²) in [6.07, 6.45) is 1.57. The van der Waals surface area contributed by atoms with Gasteiger partial charge in [0.2, 0.25) is 0 Å². The summed E-state index contributed by atoms with van der Waals surface area (Å²) in [5, 5.41) is 9.78. The lowest BCUT2D eigenvalue weighted by Crippen LogP contribution is -2.48. The highest BCUT2D eigenvalue weighted by molar-refractivity contribution is 6.06. The third-order valence-electron chi connectivity index (χ3n) is 3.23. The summed E-state index contributed by atoms with van der Waals surface area (Å²) >= 11 is 0. The average molecular weight is 286 g/mol. The number of carbonyl (C=O) groups is 2. The van der Waals surface area contributed by atoms with Gasteiger partial charge in [-0.2, -0.15) is 0 Å². The molecule has 1 amide bonds. The van der Waals surface area contributed by atoms with Gasteiger partial charge in [-0.25, -0.2) is 0 Å². The molecule has 1 heterocycles. The third kappa shape index (κ3) is 3.18. The van der Waals surface area contributed by atoms with Crippen LogP contribution in [0.25, 0.3) is 10.9 Å². The van der Waals surface area contributed by atoms with Crippen LogP contribution in [0.15, 0.2) is 36.5 Å². The van der Waals surface area contributed by atoms with E-state index in [-0.39, 0.29) is 12.5 Å². The zero-order valence-corrected chi connectivity index (χ0v) is 12.3. The Morgan fingerprint density at radius 1 is 1.19 bits per heavy atom. The molecule has 0 unspecified atom stereocenters. The van der Waals surface area contributed by atoms with Gasteiger partial charge in [0.15, 0.2) is 0 Å². The average Bonchev–Trinajstić information content (AvgIpc) is 2.42. The zero-order valence-electron chi connectivity index (χ0n) is 12.3. The van der Waals surface area contributed by atoms with Gasteiger partial charge in [-0.15, -0.1) is 0 Å². The normalized spacial score (nSPS) is 11.4. The molecule has 110 valence electrons. The van der Waals surface area contributed by atoms with Crippen molar-refractivity contribution in [2.24, 2.45) is 0 Å². The molecule has 0 fully saturated rings. The van der Waals surface area contributed by atoms with E-state index in [1.807, 2.05) is 45.0 Å². The van der Waals surface area contributed by atoms with Crippen molar-refractivity contribution in [3.05, 3.63) is 42.1 Å². The van der Waals surface area contributed by atoms with Crippen molar-refractivity contribution < 1.29 is 14.7 Å². The lowest BCUT2D eigenvalue weighted by molar-refractivity contribution is -0.138. The number of aromatic nitrogens is 1. The van der Waals surface area contributed by atoms with Crippen molar-refractivity contribution in [3.63, 3.8) is 0 Å². The molecule has 0 aliphatic carbocycles. The Labute approximate surface area is 123 Å². The molecule has 0 aliphatic rings. The van der Waals surface area contributed by atoms with Gasteiger partial charge in [0.1, 0.15) is 6.54 Å². The number of aliphatic carboxylic acids is 1. The monoisotopic (exact) mass is 286 g/mol. The van der Waals surface area contributed by atoms with E-state index in [0.29, 0.717) is 11.1 Å². The Bertz CT molecular complexity index is 684. The number of hydrogen-bond acceptors (Lipinski definition) is 3. The van der Waals surface area contributed by atoms with Crippen LogP contribution in [0.1, 0.15) is 31.1 Å². The van der Waals surface area contributed by atoms with Crippen LogP contribution in [0.2, 0.25) is 0 Å². The summed E-state index contributed by atoms with van der Waals surface area (Å²) in [5.74, 6) is -1.33. The molecule has 0 saturated carbocycles. The van der Waals surface area contributed by atoms with Gasteiger partial charge >= 0.3 is 5.97 Å². The van der Waals surface area contributed by atoms with Crippen LogP contribution in [-0.4, -0.2) is 39.0 Å². The molecule has 5 nitrogen and oxygen atoms in total. The number of para-hydroxylation sites is 1. The zero-order chi connectivity index (χ0) is 15.6. The second-order valence-electron chi connectivity index (χ2n) is 5.83. The first-order valence-corrected chi connectivity index (χ1v) is 6.68. The Hall–Kier alpha value is -2.43. The van der Waals surface area contributed by atoms with Gasteiger partial charge in [0, 0.05) is 17.1 Å². The van der Waals surface area contributed by atoms with Crippen molar-refractivity contribution in [1.29, 1.82) is 0 Å². The summed E-state index contributed by atoms with van der Waals surface area (Å²) in [7, 11) is 0. The fraction of sp³-hybridized carbons (Fsp3) is 0.312. The molecule has 2 aromatic rings. The van der Waals surface area contributed by atoms with Crippen molar-refractivity contribution >= 4 is 22.8 Å². The van der Waals surface area contributed by atoms with E-state index in [9.17, 15) is 9.59 Å². The number of fused-ring (bicyclic) bond motifs is 1. The minimum absolute atomic E-state index is 0.302. The van der Waals surface area contributed by atoms with Crippen LogP contribution in [0.5, 0.6) is 0 Å². The molecule has 0 radical (unpaired) electrons. The van der Waals surface area contributed by atoms with Gasteiger partial charge in [0.05, 0.1) is 11.1 Å². The lowest BCUT2D eigenvalue weighted by Gasteiger charge is -2.34. The van der Waals surface area contributed by atoms with Crippen LogP contribution < -0.4 is 0 Å². The number of nitrogens with zero attached hydrogens (tertiary/aromatic N) is 2. The van der Waals surface area contributed by atoms with Gasteiger partial charge in [-0.1, -0.05) is 18.2 Å². The molecule has 1 N–H and O–H groups in total. The lowest BCUT2D eigenvalue weighted by atomic mass is 10.0. The summed E-state index contributed by atoms with van der Waals surface area (Å²) < 4.78 is 0. The molecule has 0 spiro atoms. The van der Waals surface area contributed by atoms with Crippen LogP contribution in [-0.2, 0) is 4.79 Å². The highest BCUT2D eigenvalue weighted by atomic mass is 16.4. The number of pyridine rings is 1. The third-order valence-corrected chi connectivity index (χ3v) is 3.23. The van der Waals surface area contributed by atoms with Crippen molar-refractivity contribution in [2.75, 3.05) is 6.54 Å². The van der Waals surface area contributed by atoms with Gasteiger partial charge < -0.3 is 10.0 Å². The smallest absolute Gasteiger partial charge is 0.323 e. The highest BCUT2D eigenvalue weighted by Crippen LogP contribution is 2.22. The Morgan fingerprint density at radius 3 is 2.48 bits per heavy atom. The Kier molecular flexibility index (Phi) is 3.93. The molecule has 2 rings (SSSR count). The fourth-order valence-electron chi connectivity index (χ4n) is 2.18. The molecule has 0 aliphatic heterocycles. The van der Waals surface area contributed by atoms with Crippen molar-refractivity contribution in [2.45, 2.75) is 26.3 Å². The summed E-state index contributed by atoms with van der Waals surface area (Å²) in [4.78, 5) is 29.4. The number of benzene rings is 1.